The minimum Gasteiger partial charge on any atom is -0.453 e. The van der Waals surface area contributed by atoms with Gasteiger partial charge in [-0.2, -0.15) is 18.2 Å². The summed E-state index contributed by atoms with van der Waals surface area (Å²) in [5, 5.41) is 17.0. The number of nitrogens with zero attached hydrogens (tertiary/aromatic N) is 3. The summed E-state index contributed by atoms with van der Waals surface area (Å²) in [5.41, 5.74) is 0.545. The predicted octanol–water partition coefficient (Wildman–Crippen LogP) is 3.31. The van der Waals surface area contributed by atoms with Crippen LogP contribution in [0.4, 0.5) is 23.4 Å². The molecule has 0 aliphatic rings. The molecule has 3 N–H and O–H groups in total. The van der Waals surface area contributed by atoms with Gasteiger partial charge in [0.05, 0.1) is 0 Å². The maximum Gasteiger partial charge on any atom is 0.422 e. The maximum atomic E-state index is 13.8. The number of anilines is 1. The number of halogens is 4. The summed E-state index contributed by atoms with van der Waals surface area (Å²) in [6.45, 7) is -1.42. The van der Waals surface area contributed by atoms with E-state index in [1.165, 1.54) is 12.3 Å². The lowest BCUT2D eigenvalue weighted by Crippen LogP contribution is -2.19. The minimum absolute atomic E-state index is 0.0980. The lowest BCUT2D eigenvalue weighted by Gasteiger charge is -2.11. The van der Waals surface area contributed by atoms with E-state index in [4.69, 9.17) is 5.41 Å². The van der Waals surface area contributed by atoms with Crippen molar-refractivity contribution < 1.29 is 22.3 Å². The molecular weight excluding hydrogens is 380 g/mol. The van der Waals surface area contributed by atoms with E-state index in [9.17, 15) is 17.6 Å². The third-order valence-electron chi connectivity index (χ3n) is 3.55. The molecule has 1 aromatic carbocycles. The minimum atomic E-state index is -4.53. The van der Waals surface area contributed by atoms with Gasteiger partial charge in [-0.3, -0.25) is 10.5 Å². The van der Waals surface area contributed by atoms with Crippen LogP contribution in [0.3, 0.4) is 0 Å². The van der Waals surface area contributed by atoms with Crippen molar-refractivity contribution in [3.05, 3.63) is 65.4 Å². The Labute approximate surface area is 156 Å². The number of benzene rings is 1. The van der Waals surface area contributed by atoms with Gasteiger partial charge >= 0.3 is 12.2 Å². The molecule has 0 fully saturated rings. The summed E-state index contributed by atoms with van der Waals surface area (Å²) in [6.07, 6.45) is -3.04. The molecule has 0 saturated heterocycles. The molecule has 0 bridgehead atoms. The molecule has 7 nitrogen and oxygen atoms in total. The molecule has 3 rings (SSSR count). The fraction of sp³-hybridized carbons (Fsp3) is 0.176. The van der Waals surface area contributed by atoms with Crippen molar-refractivity contribution in [3.8, 4) is 6.01 Å². The molecule has 0 unspecified atom stereocenters. The quantitative estimate of drug-likeness (QED) is 0.422. The molecule has 28 heavy (non-hydrogen) atoms. The number of aromatic amines is 1. The summed E-state index contributed by atoms with van der Waals surface area (Å²) in [7, 11) is 0. The fourth-order valence-corrected chi connectivity index (χ4v) is 2.27. The van der Waals surface area contributed by atoms with Crippen LogP contribution in [-0.2, 0) is 6.54 Å². The van der Waals surface area contributed by atoms with Crippen molar-refractivity contribution in [2.75, 3.05) is 11.9 Å². The zero-order valence-corrected chi connectivity index (χ0v) is 14.2. The summed E-state index contributed by atoms with van der Waals surface area (Å²) in [6, 6.07) is 8.82. The lowest BCUT2D eigenvalue weighted by atomic mass is 10.1. The van der Waals surface area contributed by atoms with Gasteiger partial charge in [0.25, 0.3) is 0 Å². The van der Waals surface area contributed by atoms with E-state index in [0.717, 1.165) is 0 Å². The van der Waals surface area contributed by atoms with Gasteiger partial charge in [0.15, 0.2) is 12.4 Å². The van der Waals surface area contributed by atoms with Gasteiger partial charge in [-0.05, 0) is 18.2 Å². The van der Waals surface area contributed by atoms with E-state index >= 15 is 0 Å². The Morgan fingerprint density at radius 2 is 1.96 bits per heavy atom. The van der Waals surface area contributed by atoms with Gasteiger partial charge in [-0.1, -0.05) is 18.2 Å². The number of rotatable bonds is 7. The molecule has 146 valence electrons. The van der Waals surface area contributed by atoms with Crippen LogP contribution in [0, 0.1) is 11.2 Å². The van der Waals surface area contributed by atoms with Crippen molar-refractivity contribution in [2.45, 2.75) is 12.7 Å². The summed E-state index contributed by atoms with van der Waals surface area (Å²) < 4.78 is 54.8. The molecule has 0 aliphatic carbocycles. The van der Waals surface area contributed by atoms with Gasteiger partial charge in [0.2, 0.25) is 0 Å². The molecule has 0 radical (unpaired) electrons. The Kier molecular flexibility index (Phi) is 5.52. The average molecular weight is 394 g/mol. The number of ether oxygens (including phenoxy) is 1. The van der Waals surface area contributed by atoms with Gasteiger partial charge < -0.3 is 10.1 Å². The third-order valence-corrected chi connectivity index (χ3v) is 3.55. The van der Waals surface area contributed by atoms with Crippen LogP contribution < -0.4 is 10.1 Å². The number of H-pyrrole nitrogens is 1. The Morgan fingerprint density at radius 3 is 2.71 bits per heavy atom. The first-order valence-electron chi connectivity index (χ1n) is 7.97. The standard InChI is InChI=1S/C17H14F4N6O/c18-12-6-2-1-4-10(12)8-24-14-11(5-3-7-23-14)13(22)15-25-16(27-26-15)28-9-17(19,20)21/h1-7,22H,8-9H2,(H,23,24)(H,25,26,27). The Balaban J connectivity index is 1.74. The summed E-state index contributed by atoms with van der Waals surface area (Å²) in [5.74, 6) is -0.201. The zero-order chi connectivity index (χ0) is 20.1. The highest BCUT2D eigenvalue weighted by Crippen LogP contribution is 2.19. The molecule has 0 spiro atoms. The topological polar surface area (TPSA) is 99.6 Å². The number of nitrogens with one attached hydrogen (secondary N) is 3. The average Bonchev–Trinajstić information content (AvgIpc) is 3.14. The monoisotopic (exact) mass is 394 g/mol. The van der Waals surface area contributed by atoms with Crippen LogP contribution in [-0.4, -0.2) is 38.7 Å². The van der Waals surface area contributed by atoms with Crippen molar-refractivity contribution >= 4 is 11.5 Å². The van der Waals surface area contributed by atoms with E-state index in [1.54, 1.807) is 30.3 Å². The molecule has 2 heterocycles. The van der Waals surface area contributed by atoms with E-state index in [2.05, 4.69) is 30.2 Å². The van der Waals surface area contributed by atoms with Gasteiger partial charge in [-0.25, -0.2) is 9.37 Å². The van der Waals surface area contributed by atoms with Crippen LogP contribution in [0.5, 0.6) is 6.01 Å². The van der Waals surface area contributed by atoms with Crippen LogP contribution in [0.25, 0.3) is 0 Å². The van der Waals surface area contributed by atoms with Crippen molar-refractivity contribution in [3.63, 3.8) is 0 Å². The maximum absolute atomic E-state index is 13.8. The van der Waals surface area contributed by atoms with Crippen LogP contribution in [0.1, 0.15) is 17.0 Å². The van der Waals surface area contributed by atoms with Crippen LogP contribution >= 0.6 is 0 Å². The molecule has 0 atom stereocenters. The SMILES string of the molecule is N=C(c1nc(OCC(F)(F)F)n[nH]1)c1cccnc1NCc1ccccc1F. The molecule has 0 aliphatic heterocycles. The number of hydrogen-bond acceptors (Lipinski definition) is 6. The number of aromatic nitrogens is 4. The number of hydrogen-bond donors (Lipinski definition) is 3. The first-order valence-corrected chi connectivity index (χ1v) is 7.97. The summed E-state index contributed by atoms with van der Waals surface area (Å²) in [4.78, 5) is 7.86. The van der Waals surface area contributed by atoms with Crippen molar-refractivity contribution in [1.29, 1.82) is 5.41 Å². The molecule has 2 aromatic heterocycles. The third kappa shape index (κ3) is 4.81. The van der Waals surface area contributed by atoms with E-state index in [1.807, 2.05) is 0 Å². The van der Waals surface area contributed by atoms with E-state index < -0.39 is 18.8 Å². The van der Waals surface area contributed by atoms with Gasteiger partial charge in [0.1, 0.15) is 17.3 Å². The highest BCUT2D eigenvalue weighted by molar-refractivity contribution is 6.11. The highest BCUT2D eigenvalue weighted by atomic mass is 19.4. The molecular formula is C17H14F4N6O. The molecule has 11 heteroatoms. The Hall–Kier alpha value is -3.50. The molecule has 0 saturated carbocycles. The molecule has 0 amide bonds. The zero-order valence-electron chi connectivity index (χ0n) is 14.2. The number of pyridine rings is 1. The van der Waals surface area contributed by atoms with Crippen LogP contribution in [0.15, 0.2) is 42.6 Å². The highest BCUT2D eigenvalue weighted by Gasteiger charge is 2.29. The van der Waals surface area contributed by atoms with E-state index in [0.29, 0.717) is 11.1 Å². The fourth-order valence-electron chi connectivity index (χ4n) is 2.27. The predicted molar refractivity (Wildman–Crippen MR) is 91.8 cm³/mol. The first kappa shape index (κ1) is 19.3. The van der Waals surface area contributed by atoms with Gasteiger partial charge in [-0.15, -0.1) is 5.10 Å². The van der Waals surface area contributed by atoms with Crippen molar-refractivity contribution in [1.82, 2.24) is 20.2 Å². The second kappa shape index (κ2) is 8.03. The normalized spacial score (nSPS) is 11.3. The Bertz CT molecular complexity index is 972. The van der Waals surface area contributed by atoms with Crippen LogP contribution in [0.2, 0.25) is 0 Å². The first-order chi connectivity index (χ1) is 13.3. The largest absolute Gasteiger partial charge is 0.453 e. The number of alkyl halides is 3. The lowest BCUT2D eigenvalue weighted by molar-refractivity contribution is -0.154. The van der Waals surface area contributed by atoms with Gasteiger partial charge in [0, 0.05) is 23.9 Å². The summed E-state index contributed by atoms with van der Waals surface area (Å²) >= 11 is 0. The Morgan fingerprint density at radius 1 is 1.18 bits per heavy atom. The van der Waals surface area contributed by atoms with E-state index in [-0.39, 0.29) is 29.7 Å². The van der Waals surface area contributed by atoms with Crippen molar-refractivity contribution in [2.24, 2.45) is 0 Å². The second-order valence-corrected chi connectivity index (χ2v) is 5.59. The smallest absolute Gasteiger partial charge is 0.422 e. The second-order valence-electron chi connectivity index (χ2n) is 5.59. The molecule has 3 aromatic rings.